The molecule has 3 aliphatic rings. The number of nitrogens with one attached hydrogen (secondary N) is 2. The lowest BCUT2D eigenvalue weighted by molar-refractivity contribution is -0.140. The molecule has 2 N–H and O–H groups in total. The topological polar surface area (TPSA) is 125 Å². The quantitative estimate of drug-likeness (QED) is 0.590. The number of hydrogen-bond acceptors (Lipinski definition) is 6. The third kappa shape index (κ3) is 5.15. The second-order valence-electron chi connectivity index (χ2n) is 9.68. The Balaban J connectivity index is 1.47. The van der Waals surface area contributed by atoms with Gasteiger partial charge in [-0.3, -0.25) is 19.2 Å². The molecule has 1 aromatic heterocycles. The predicted molar refractivity (Wildman–Crippen MR) is 122 cm³/mol. The first-order chi connectivity index (χ1) is 16.3. The van der Waals surface area contributed by atoms with Crippen LogP contribution in [0.1, 0.15) is 55.3 Å². The largest absolute Gasteiger partial charge is 0.361 e. The van der Waals surface area contributed by atoms with Crippen molar-refractivity contribution in [2.45, 2.75) is 52.0 Å². The van der Waals surface area contributed by atoms with E-state index in [0.717, 1.165) is 0 Å². The van der Waals surface area contributed by atoms with E-state index in [1.165, 1.54) is 0 Å². The zero-order valence-corrected chi connectivity index (χ0v) is 19.8. The van der Waals surface area contributed by atoms with Crippen LogP contribution in [0.3, 0.4) is 0 Å². The number of piperidine rings is 2. The van der Waals surface area contributed by atoms with Crippen molar-refractivity contribution < 1.29 is 23.7 Å². The summed E-state index contributed by atoms with van der Waals surface area (Å²) in [4.78, 5) is 53.9. The summed E-state index contributed by atoms with van der Waals surface area (Å²) >= 11 is 0. The molecule has 1 spiro atoms. The van der Waals surface area contributed by atoms with E-state index in [1.54, 1.807) is 29.7 Å². The number of rotatable bonds is 1. The van der Waals surface area contributed by atoms with Gasteiger partial charge in [0, 0.05) is 51.1 Å². The van der Waals surface area contributed by atoms with E-state index in [9.17, 15) is 19.2 Å². The molecule has 0 saturated carbocycles. The molecule has 0 aliphatic carbocycles. The summed E-state index contributed by atoms with van der Waals surface area (Å²) in [5.41, 5.74) is -0.328. The summed E-state index contributed by atoms with van der Waals surface area (Å²) in [7, 11) is 0. The molecule has 0 unspecified atom stereocenters. The van der Waals surface area contributed by atoms with Gasteiger partial charge in [0.25, 0.3) is 5.91 Å². The van der Waals surface area contributed by atoms with Crippen LogP contribution >= 0.6 is 0 Å². The van der Waals surface area contributed by atoms with E-state index in [0.29, 0.717) is 69.7 Å². The Bertz CT molecular complexity index is 978. The van der Waals surface area contributed by atoms with E-state index >= 15 is 0 Å². The van der Waals surface area contributed by atoms with Crippen molar-refractivity contribution in [3.63, 3.8) is 0 Å². The Morgan fingerprint density at radius 1 is 1.15 bits per heavy atom. The van der Waals surface area contributed by atoms with Crippen LogP contribution in [0.2, 0.25) is 0 Å². The molecule has 1 aromatic rings. The molecule has 3 aliphatic heterocycles. The monoisotopic (exact) mass is 471 g/mol. The third-order valence-corrected chi connectivity index (χ3v) is 7.39. The molecule has 4 rings (SSSR count). The van der Waals surface area contributed by atoms with E-state index in [4.69, 9.17) is 4.52 Å². The van der Waals surface area contributed by atoms with Gasteiger partial charge in [-0.2, -0.15) is 0 Å². The summed E-state index contributed by atoms with van der Waals surface area (Å²) in [6, 6.07) is 1.56. The Morgan fingerprint density at radius 3 is 2.59 bits per heavy atom. The van der Waals surface area contributed by atoms with Gasteiger partial charge < -0.3 is 25.0 Å². The maximum absolute atomic E-state index is 13.1. The van der Waals surface area contributed by atoms with Gasteiger partial charge in [0.2, 0.25) is 17.7 Å². The fourth-order valence-corrected chi connectivity index (χ4v) is 5.23. The fourth-order valence-electron chi connectivity index (χ4n) is 5.23. The zero-order chi connectivity index (χ0) is 24.3. The summed E-state index contributed by atoms with van der Waals surface area (Å²) in [5, 5.41) is 9.74. The van der Waals surface area contributed by atoms with Crippen LogP contribution in [0.5, 0.6) is 0 Å². The molecule has 10 nitrogen and oxygen atoms in total. The normalized spacial score (nSPS) is 26.5. The van der Waals surface area contributed by atoms with Gasteiger partial charge in [-0.25, -0.2) is 0 Å². The first-order valence-electron chi connectivity index (χ1n) is 12.0. The molecule has 4 heterocycles. The maximum atomic E-state index is 13.1. The number of aryl methyl sites for hydroxylation is 1. The first kappa shape index (κ1) is 24.0. The number of hydrogen-bond donors (Lipinski definition) is 2. The van der Waals surface area contributed by atoms with Crippen LogP contribution in [-0.2, 0) is 14.4 Å². The Morgan fingerprint density at radius 2 is 1.91 bits per heavy atom. The average molecular weight is 472 g/mol. The van der Waals surface area contributed by atoms with E-state index in [-0.39, 0.29) is 42.1 Å². The predicted octanol–water partition coefficient (Wildman–Crippen LogP) is 1.02. The lowest BCUT2D eigenvalue weighted by Gasteiger charge is -2.41. The van der Waals surface area contributed by atoms with Crippen LogP contribution < -0.4 is 10.6 Å². The molecule has 184 valence electrons. The lowest BCUT2D eigenvalue weighted by Crippen LogP contribution is -2.55. The minimum absolute atomic E-state index is 0.0153. The molecule has 10 heteroatoms. The maximum Gasteiger partial charge on any atom is 0.276 e. The molecular weight excluding hydrogens is 438 g/mol. The van der Waals surface area contributed by atoms with Gasteiger partial charge in [0.1, 0.15) is 5.76 Å². The number of likely N-dealkylation sites (tertiary alicyclic amines) is 2. The highest BCUT2D eigenvalue weighted by Crippen LogP contribution is 2.36. The van der Waals surface area contributed by atoms with Crippen molar-refractivity contribution >= 4 is 23.6 Å². The molecule has 0 aromatic carbocycles. The van der Waals surface area contributed by atoms with Gasteiger partial charge in [-0.15, -0.1) is 0 Å². The third-order valence-electron chi connectivity index (χ3n) is 7.39. The number of nitrogens with zero attached hydrogens (tertiary/aromatic N) is 3. The highest BCUT2D eigenvalue weighted by molar-refractivity contribution is 5.92. The van der Waals surface area contributed by atoms with E-state index in [2.05, 4.69) is 21.9 Å². The van der Waals surface area contributed by atoms with Gasteiger partial charge in [0.15, 0.2) is 5.69 Å². The lowest BCUT2D eigenvalue weighted by atomic mass is 9.74. The minimum Gasteiger partial charge on any atom is -0.361 e. The van der Waals surface area contributed by atoms with E-state index < -0.39 is 5.41 Å². The highest BCUT2D eigenvalue weighted by atomic mass is 16.5. The fraction of sp³-hybridized carbons (Fsp3) is 0.625. The number of allylic oxidation sites excluding steroid dienone is 2. The van der Waals surface area contributed by atoms with Crippen molar-refractivity contribution in [1.82, 2.24) is 25.6 Å². The molecule has 34 heavy (non-hydrogen) atoms. The Hall–Kier alpha value is -3.17. The van der Waals surface area contributed by atoms with Crippen LogP contribution in [0, 0.1) is 18.3 Å². The zero-order valence-electron chi connectivity index (χ0n) is 19.8. The van der Waals surface area contributed by atoms with Gasteiger partial charge in [0.05, 0.1) is 12.0 Å². The van der Waals surface area contributed by atoms with Crippen LogP contribution in [0.15, 0.2) is 22.7 Å². The average Bonchev–Trinajstić information content (AvgIpc) is 3.26. The summed E-state index contributed by atoms with van der Waals surface area (Å²) in [5.74, 6) is 0.134. The van der Waals surface area contributed by atoms with Gasteiger partial charge >= 0.3 is 0 Å². The number of carbonyl (C=O) groups excluding carboxylic acids is 4. The van der Waals surface area contributed by atoms with Crippen molar-refractivity contribution in [2.24, 2.45) is 11.3 Å². The number of amides is 4. The van der Waals surface area contributed by atoms with Crippen LogP contribution in [0.4, 0.5) is 0 Å². The second kappa shape index (κ2) is 9.99. The Kier molecular flexibility index (Phi) is 7.04. The molecular formula is C24H33N5O5. The highest BCUT2D eigenvalue weighted by Gasteiger charge is 2.41. The summed E-state index contributed by atoms with van der Waals surface area (Å²) in [6.07, 6.45) is 7.11. The van der Waals surface area contributed by atoms with Crippen molar-refractivity contribution in [3.05, 3.63) is 29.7 Å². The molecule has 2 saturated heterocycles. The van der Waals surface area contributed by atoms with Crippen molar-refractivity contribution in [3.8, 4) is 0 Å². The molecule has 2 fully saturated rings. The van der Waals surface area contributed by atoms with Crippen LogP contribution in [0.25, 0.3) is 0 Å². The van der Waals surface area contributed by atoms with Gasteiger partial charge in [-0.1, -0.05) is 17.3 Å². The standard InChI is InChI=1S/C24H33N5O5/c1-16-13-20(27-34-16)22(32)29-10-6-19-18(15-29)5-3-4-7-24(23(33)25-14-21(31)26-19)8-11-28(12-9-24)17(2)30/h3-4,13,18-19H,5-12,14-15H2,1-2H3,(H,25,33)(H,26,31)/b4-3+/t18-,19+/m0/s1. The summed E-state index contributed by atoms with van der Waals surface area (Å²) < 4.78 is 5.05. The van der Waals surface area contributed by atoms with Gasteiger partial charge in [-0.05, 0) is 39.0 Å². The number of aromatic nitrogens is 1. The van der Waals surface area contributed by atoms with E-state index in [1.807, 2.05) is 6.08 Å². The molecule has 0 radical (unpaired) electrons. The smallest absolute Gasteiger partial charge is 0.276 e. The van der Waals surface area contributed by atoms with Crippen molar-refractivity contribution in [2.75, 3.05) is 32.7 Å². The molecule has 2 atom stereocenters. The SMILES string of the molecule is CC(=O)N1CCC2(C/C=C/C[C@H]3CN(C(=O)c4cc(C)on4)CC[C@H]3NC(=O)CNC2=O)CC1. The second-order valence-corrected chi connectivity index (χ2v) is 9.68. The minimum atomic E-state index is -0.624. The molecule has 4 amide bonds. The van der Waals surface area contributed by atoms with Crippen LogP contribution in [-0.4, -0.2) is 77.4 Å². The number of fused-ring (bicyclic) bond motifs is 1. The molecule has 0 bridgehead atoms. The summed E-state index contributed by atoms with van der Waals surface area (Å²) in [6.45, 7) is 5.30. The van der Waals surface area contributed by atoms with Crippen molar-refractivity contribution in [1.29, 1.82) is 0 Å². The Labute approximate surface area is 199 Å². The first-order valence-corrected chi connectivity index (χ1v) is 12.0. The number of carbonyl (C=O) groups is 4.